The van der Waals surface area contributed by atoms with E-state index in [1.54, 1.807) is 24.5 Å². The Labute approximate surface area is 158 Å². The lowest BCUT2D eigenvalue weighted by molar-refractivity contribution is 0.102. The van der Waals surface area contributed by atoms with Crippen LogP contribution >= 0.6 is 0 Å². The molecule has 27 heavy (non-hydrogen) atoms. The number of benzene rings is 1. The number of rotatable bonds is 6. The first kappa shape index (κ1) is 18.8. The summed E-state index contributed by atoms with van der Waals surface area (Å²) in [7, 11) is 4.53. The molecule has 0 aliphatic carbocycles. The molecule has 1 amide bonds. The second-order valence-electron chi connectivity index (χ2n) is 6.19. The van der Waals surface area contributed by atoms with Gasteiger partial charge in [0.1, 0.15) is 0 Å². The summed E-state index contributed by atoms with van der Waals surface area (Å²) in [4.78, 5) is 23.5. The van der Waals surface area contributed by atoms with Crippen molar-refractivity contribution in [1.82, 2.24) is 9.97 Å². The van der Waals surface area contributed by atoms with Gasteiger partial charge >= 0.3 is 0 Å². The molecule has 2 aromatic rings. The molecule has 144 valence electrons. The summed E-state index contributed by atoms with van der Waals surface area (Å²) in [5.41, 5.74) is 0.902. The van der Waals surface area contributed by atoms with Crippen molar-refractivity contribution in [3.63, 3.8) is 0 Å². The first-order valence-corrected chi connectivity index (χ1v) is 8.84. The van der Waals surface area contributed by atoms with E-state index >= 15 is 0 Å². The minimum Gasteiger partial charge on any atom is -0.493 e. The molecule has 0 radical (unpaired) electrons. The van der Waals surface area contributed by atoms with Crippen molar-refractivity contribution in [3.8, 4) is 17.2 Å². The summed E-state index contributed by atoms with van der Waals surface area (Å²) in [5, 5.41) is 2.79. The highest BCUT2D eigenvalue weighted by atomic mass is 16.5. The topological polar surface area (TPSA) is 85.8 Å². The highest BCUT2D eigenvalue weighted by molar-refractivity contribution is 6.05. The molecule has 0 saturated carbocycles. The SMILES string of the molecule is COc1cc(C(=O)Nc2cnc(N3CCCCC3)nc2)cc(OC)c1OC. The quantitative estimate of drug-likeness (QED) is 0.834. The molecule has 2 heterocycles. The van der Waals surface area contributed by atoms with Crippen LogP contribution in [0, 0.1) is 0 Å². The van der Waals surface area contributed by atoms with Crippen LogP contribution in [0.15, 0.2) is 24.5 Å². The van der Waals surface area contributed by atoms with Gasteiger partial charge in [-0.3, -0.25) is 4.79 Å². The molecule has 1 aromatic carbocycles. The summed E-state index contributed by atoms with van der Waals surface area (Å²) >= 11 is 0. The second-order valence-corrected chi connectivity index (χ2v) is 6.19. The van der Waals surface area contributed by atoms with Gasteiger partial charge in [0.2, 0.25) is 11.7 Å². The zero-order chi connectivity index (χ0) is 19.2. The fraction of sp³-hybridized carbons (Fsp3) is 0.421. The normalized spacial score (nSPS) is 13.8. The molecule has 1 fully saturated rings. The molecule has 1 aliphatic rings. The Morgan fingerprint density at radius 3 is 2.07 bits per heavy atom. The van der Waals surface area contributed by atoms with Gasteiger partial charge in [0, 0.05) is 18.7 Å². The number of methoxy groups -OCH3 is 3. The Hall–Kier alpha value is -3.03. The third kappa shape index (κ3) is 4.21. The Morgan fingerprint density at radius 1 is 0.963 bits per heavy atom. The molecule has 1 aromatic heterocycles. The van der Waals surface area contributed by atoms with Crippen molar-refractivity contribution in [2.45, 2.75) is 19.3 Å². The molecule has 1 saturated heterocycles. The minimum atomic E-state index is -0.316. The van der Waals surface area contributed by atoms with Gasteiger partial charge in [-0.2, -0.15) is 0 Å². The third-order valence-corrected chi connectivity index (χ3v) is 4.46. The molecule has 0 bridgehead atoms. The summed E-state index contributed by atoms with van der Waals surface area (Å²) in [6, 6.07) is 3.19. The van der Waals surface area contributed by atoms with E-state index in [0.29, 0.717) is 34.4 Å². The van der Waals surface area contributed by atoms with Crippen molar-refractivity contribution in [3.05, 3.63) is 30.1 Å². The predicted molar refractivity (Wildman–Crippen MR) is 102 cm³/mol. The van der Waals surface area contributed by atoms with Gasteiger partial charge in [-0.05, 0) is 31.4 Å². The summed E-state index contributed by atoms with van der Waals surface area (Å²) in [6.07, 6.45) is 6.80. The van der Waals surface area contributed by atoms with E-state index in [2.05, 4.69) is 20.2 Å². The molecule has 3 rings (SSSR count). The van der Waals surface area contributed by atoms with Crippen LogP contribution in [-0.4, -0.2) is 50.3 Å². The number of nitrogens with one attached hydrogen (secondary N) is 1. The van der Waals surface area contributed by atoms with Gasteiger partial charge in [-0.1, -0.05) is 0 Å². The largest absolute Gasteiger partial charge is 0.493 e. The van der Waals surface area contributed by atoms with E-state index in [1.807, 2.05) is 0 Å². The van der Waals surface area contributed by atoms with E-state index in [1.165, 1.54) is 27.8 Å². The number of anilines is 2. The molecular formula is C19H24N4O4. The number of carbonyl (C=O) groups excluding carboxylic acids is 1. The number of ether oxygens (including phenoxy) is 3. The minimum absolute atomic E-state index is 0.316. The number of carbonyl (C=O) groups is 1. The number of piperidine rings is 1. The molecule has 8 heteroatoms. The van der Waals surface area contributed by atoms with E-state index in [4.69, 9.17) is 14.2 Å². The van der Waals surface area contributed by atoms with Gasteiger partial charge in [0.05, 0.1) is 39.4 Å². The first-order chi connectivity index (χ1) is 13.2. The van der Waals surface area contributed by atoms with Crippen molar-refractivity contribution in [2.75, 3.05) is 44.6 Å². The average molecular weight is 372 g/mol. The number of hydrogen-bond acceptors (Lipinski definition) is 7. The van der Waals surface area contributed by atoms with Gasteiger partial charge < -0.3 is 24.4 Å². The van der Waals surface area contributed by atoms with Crippen LogP contribution in [0.5, 0.6) is 17.2 Å². The van der Waals surface area contributed by atoms with Gasteiger partial charge in [0.15, 0.2) is 11.5 Å². The number of aromatic nitrogens is 2. The fourth-order valence-electron chi connectivity index (χ4n) is 3.06. The van der Waals surface area contributed by atoms with Gasteiger partial charge in [-0.25, -0.2) is 9.97 Å². The Bertz CT molecular complexity index is 764. The molecule has 8 nitrogen and oxygen atoms in total. The monoisotopic (exact) mass is 372 g/mol. The number of nitrogens with zero attached hydrogens (tertiary/aromatic N) is 3. The van der Waals surface area contributed by atoms with Crippen LogP contribution in [0.3, 0.4) is 0 Å². The van der Waals surface area contributed by atoms with E-state index < -0.39 is 0 Å². The smallest absolute Gasteiger partial charge is 0.256 e. The average Bonchev–Trinajstić information content (AvgIpc) is 2.73. The van der Waals surface area contributed by atoms with Crippen LogP contribution in [0.25, 0.3) is 0 Å². The van der Waals surface area contributed by atoms with Crippen LogP contribution in [0.4, 0.5) is 11.6 Å². The number of amides is 1. The summed E-state index contributed by atoms with van der Waals surface area (Å²) < 4.78 is 15.9. The predicted octanol–water partition coefficient (Wildman–Crippen LogP) is 2.75. The Morgan fingerprint density at radius 2 is 1.56 bits per heavy atom. The summed E-state index contributed by atoms with van der Waals surface area (Å²) in [5.74, 6) is 1.65. The van der Waals surface area contributed by atoms with Crippen molar-refractivity contribution in [2.24, 2.45) is 0 Å². The van der Waals surface area contributed by atoms with Crippen LogP contribution < -0.4 is 24.4 Å². The maximum Gasteiger partial charge on any atom is 0.256 e. The lowest BCUT2D eigenvalue weighted by Gasteiger charge is -2.26. The third-order valence-electron chi connectivity index (χ3n) is 4.46. The lowest BCUT2D eigenvalue weighted by atomic mass is 10.1. The van der Waals surface area contributed by atoms with Crippen molar-refractivity contribution >= 4 is 17.5 Å². The zero-order valence-electron chi connectivity index (χ0n) is 15.8. The molecule has 0 unspecified atom stereocenters. The highest BCUT2D eigenvalue weighted by Gasteiger charge is 2.18. The van der Waals surface area contributed by atoms with Gasteiger partial charge in [-0.15, -0.1) is 0 Å². The van der Waals surface area contributed by atoms with E-state index in [9.17, 15) is 4.79 Å². The van der Waals surface area contributed by atoms with Crippen LogP contribution in [0.2, 0.25) is 0 Å². The number of hydrogen-bond donors (Lipinski definition) is 1. The lowest BCUT2D eigenvalue weighted by Crippen LogP contribution is -2.30. The van der Waals surface area contributed by atoms with Gasteiger partial charge in [0.25, 0.3) is 5.91 Å². The molecular weight excluding hydrogens is 348 g/mol. The highest BCUT2D eigenvalue weighted by Crippen LogP contribution is 2.38. The maximum absolute atomic E-state index is 12.6. The first-order valence-electron chi connectivity index (χ1n) is 8.84. The zero-order valence-corrected chi connectivity index (χ0v) is 15.8. The Kier molecular flexibility index (Phi) is 5.95. The van der Waals surface area contributed by atoms with E-state index in [0.717, 1.165) is 25.9 Å². The molecule has 0 atom stereocenters. The standard InChI is InChI=1S/C19H24N4O4/c1-25-15-9-13(10-16(26-2)17(15)27-3)18(24)22-14-11-20-19(21-12-14)23-7-5-4-6-8-23/h9-12H,4-8H2,1-3H3,(H,22,24). The fourth-order valence-corrected chi connectivity index (χ4v) is 3.06. The molecule has 1 aliphatic heterocycles. The van der Waals surface area contributed by atoms with E-state index in [-0.39, 0.29) is 5.91 Å². The molecule has 0 spiro atoms. The summed E-state index contributed by atoms with van der Waals surface area (Å²) in [6.45, 7) is 1.94. The maximum atomic E-state index is 12.6. The second kappa shape index (κ2) is 8.57. The van der Waals surface area contributed by atoms with Crippen LogP contribution in [-0.2, 0) is 0 Å². The van der Waals surface area contributed by atoms with Crippen molar-refractivity contribution in [1.29, 1.82) is 0 Å². The van der Waals surface area contributed by atoms with Crippen molar-refractivity contribution < 1.29 is 19.0 Å². The Balaban J connectivity index is 1.75. The molecule has 1 N–H and O–H groups in total. The van der Waals surface area contributed by atoms with Crippen LogP contribution in [0.1, 0.15) is 29.6 Å².